The van der Waals surface area contributed by atoms with Gasteiger partial charge in [0.15, 0.2) is 0 Å². The molecular weight excluding hydrogens is 206 g/mol. The van der Waals surface area contributed by atoms with Crippen LogP contribution in [0.2, 0.25) is 0 Å². The Morgan fingerprint density at radius 2 is 1.88 bits per heavy atom. The second kappa shape index (κ2) is 4.30. The van der Waals surface area contributed by atoms with Crippen LogP contribution >= 0.6 is 0 Å². The van der Waals surface area contributed by atoms with Gasteiger partial charge in [0.05, 0.1) is 0 Å². The molecule has 1 aromatic rings. The lowest BCUT2D eigenvalue weighted by Crippen LogP contribution is -2.30. The van der Waals surface area contributed by atoms with Crippen LogP contribution in [0.1, 0.15) is 43.4 Å². The smallest absolute Gasteiger partial charge is 0.0234 e. The quantitative estimate of drug-likeness (QED) is 0.778. The fourth-order valence-corrected chi connectivity index (χ4v) is 2.74. The monoisotopic (exact) mass is 229 g/mol. The van der Waals surface area contributed by atoms with Gasteiger partial charge in [0.2, 0.25) is 0 Å². The largest absolute Gasteiger partial charge is 0.324 e. The molecule has 0 bridgehead atoms. The molecule has 0 saturated carbocycles. The summed E-state index contributed by atoms with van der Waals surface area (Å²) in [5.74, 6) is 0. The highest BCUT2D eigenvalue weighted by molar-refractivity contribution is 5.68. The first-order valence-corrected chi connectivity index (χ1v) is 6.41. The van der Waals surface area contributed by atoms with Crippen molar-refractivity contribution in [3.8, 4) is 0 Å². The summed E-state index contributed by atoms with van der Waals surface area (Å²) in [6, 6.07) is 6.92. The van der Waals surface area contributed by atoms with Crippen molar-refractivity contribution in [1.82, 2.24) is 0 Å². The molecule has 0 heterocycles. The van der Waals surface area contributed by atoms with Crippen molar-refractivity contribution in [3.05, 3.63) is 41.0 Å². The average Bonchev–Trinajstić information content (AvgIpc) is 2.19. The molecule has 1 aromatic carbocycles. The molecule has 1 aliphatic carbocycles. The molecule has 1 nitrogen and oxygen atoms in total. The molecule has 2 N–H and O–H groups in total. The van der Waals surface area contributed by atoms with Gasteiger partial charge < -0.3 is 5.73 Å². The topological polar surface area (TPSA) is 26.0 Å². The van der Waals surface area contributed by atoms with E-state index in [9.17, 15) is 0 Å². The maximum atomic E-state index is 6.13. The van der Waals surface area contributed by atoms with Gasteiger partial charge >= 0.3 is 0 Å². The Hall–Kier alpha value is -1.08. The molecule has 0 spiro atoms. The highest BCUT2D eigenvalue weighted by Crippen LogP contribution is 2.39. The van der Waals surface area contributed by atoms with E-state index in [0.717, 1.165) is 12.8 Å². The highest BCUT2D eigenvalue weighted by Gasteiger charge is 2.27. The molecular formula is C16H23N. The summed E-state index contributed by atoms with van der Waals surface area (Å²) in [5, 5.41) is 0. The van der Waals surface area contributed by atoms with Gasteiger partial charge in [0.1, 0.15) is 0 Å². The molecule has 1 atom stereocenters. The Morgan fingerprint density at radius 3 is 2.47 bits per heavy atom. The lowest BCUT2D eigenvalue weighted by atomic mass is 9.74. The molecule has 0 amide bonds. The van der Waals surface area contributed by atoms with Crippen LogP contribution in [0.3, 0.4) is 0 Å². The zero-order chi connectivity index (χ0) is 12.6. The van der Waals surface area contributed by atoms with Gasteiger partial charge in [-0.15, -0.1) is 0 Å². The van der Waals surface area contributed by atoms with E-state index in [1.165, 1.54) is 22.3 Å². The molecule has 2 rings (SSSR count). The van der Waals surface area contributed by atoms with Gasteiger partial charge in [-0.25, -0.2) is 0 Å². The van der Waals surface area contributed by atoms with E-state index in [1.54, 1.807) is 0 Å². The average molecular weight is 229 g/mol. The first-order chi connectivity index (χ1) is 7.87. The van der Waals surface area contributed by atoms with Crippen molar-refractivity contribution in [2.75, 3.05) is 0 Å². The lowest BCUT2D eigenvalue weighted by molar-refractivity contribution is 0.319. The highest BCUT2D eigenvalue weighted by atomic mass is 14.6. The Morgan fingerprint density at radius 1 is 1.18 bits per heavy atom. The van der Waals surface area contributed by atoms with E-state index in [0.29, 0.717) is 5.41 Å². The van der Waals surface area contributed by atoms with Gasteiger partial charge in [-0.05, 0) is 54.4 Å². The molecule has 0 radical (unpaired) electrons. The van der Waals surface area contributed by atoms with Gasteiger partial charge in [0.25, 0.3) is 0 Å². The van der Waals surface area contributed by atoms with E-state index in [1.807, 2.05) is 0 Å². The Balaban J connectivity index is 2.36. The Bertz CT molecular complexity index is 455. The van der Waals surface area contributed by atoms with Crippen LogP contribution in [0.4, 0.5) is 0 Å². The minimum Gasteiger partial charge on any atom is -0.324 e. The summed E-state index contributed by atoms with van der Waals surface area (Å²) >= 11 is 0. The summed E-state index contributed by atoms with van der Waals surface area (Å²) in [6.07, 6.45) is 4.46. The number of hydrogen-bond donors (Lipinski definition) is 1. The van der Waals surface area contributed by atoms with Crippen LogP contribution in [0.15, 0.2) is 24.3 Å². The van der Waals surface area contributed by atoms with Crippen LogP contribution in [0.25, 0.3) is 5.57 Å². The second-order valence-corrected chi connectivity index (χ2v) is 6.20. The minimum absolute atomic E-state index is 0.204. The first-order valence-electron chi connectivity index (χ1n) is 6.41. The molecule has 0 fully saturated rings. The molecule has 0 aromatic heterocycles. The van der Waals surface area contributed by atoms with Crippen molar-refractivity contribution in [1.29, 1.82) is 0 Å². The molecule has 17 heavy (non-hydrogen) atoms. The zero-order valence-electron chi connectivity index (χ0n) is 11.4. The number of hydrogen-bond acceptors (Lipinski definition) is 1. The number of benzene rings is 1. The van der Waals surface area contributed by atoms with Crippen molar-refractivity contribution < 1.29 is 0 Å². The predicted molar refractivity (Wildman–Crippen MR) is 74.9 cm³/mol. The second-order valence-electron chi connectivity index (χ2n) is 6.20. The van der Waals surface area contributed by atoms with Crippen molar-refractivity contribution >= 4 is 5.57 Å². The van der Waals surface area contributed by atoms with Crippen LogP contribution in [0, 0.1) is 19.3 Å². The lowest BCUT2D eigenvalue weighted by Gasteiger charge is -2.33. The van der Waals surface area contributed by atoms with Gasteiger partial charge in [-0.2, -0.15) is 0 Å². The summed E-state index contributed by atoms with van der Waals surface area (Å²) in [6.45, 7) is 8.94. The Kier molecular flexibility index (Phi) is 3.13. The maximum absolute atomic E-state index is 6.13. The molecule has 0 saturated heterocycles. The first kappa shape index (κ1) is 12.4. The molecule has 0 aliphatic heterocycles. The van der Waals surface area contributed by atoms with Crippen molar-refractivity contribution in [2.24, 2.45) is 11.1 Å². The van der Waals surface area contributed by atoms with Crippen LogP contribution in [-0.2, 0) is 0 Å². The minimum atomic E-state index is 0.204. The third-order valence-electron chi connectivity index (χ3n) is 3.75. The number of nitrogens with two attached hydrogens (primary N) is 1. The Labute approximate surface area is 105 Å². The van der Waals surface area contributed by atoms with Gasteiger partial charge in [-0.1, -0.05) is 38.1 Å². The van der Waals surface area contributed by atoms with Gasteiger partial charge in [-0.3, -0.25) is 0 Å². The standard InChI is InChI=1S/C16H23N/c1-11-5-6-13(7-12(11)2)14-8-15(17)10-16(3,4)9-14/h5-8,15H,9-10,17H2,1-4H3. The third-order valence-corrected chi connectivity index (χ3v) is 3.75. The fraction of sp³-hybridized carbons (Fsp3) is 0.500. The van der Waals surface area contributed by atoms with E-state index in [2.05, 4.69) is 52.0 Å². The summed E-state index contributed by atoms with van der Waals surface area (Å²) in [5.41, 5.74) is 11.9. The third kappa shape index (κ3) is 2.78. The van der Waals surface area contributed by atoms with Crippen LogP contribution in [0.5, 0.6) is 0 Å². The van der Waals surface area contributed by atoms with Gasteiger partial charge in [0, 0.05) is 6.04 Å². The van der Waals surface area contributed by atoms with E-state index in [-0.39, 0.29) is 6.04 Å². The summed E-state index contributed by atoms with van der Waals surface area (Å²) < 4.78 is 0. The zero-order valence-corrected chi connectivity index (χ0v) is 11.4. The van der Waals surface area contributed by atoms with Crippen molar-refractivity contribution in [2.45, 2.75) is 46.6 Å². The number of allylic oxidation sites excluding steroid dienone is 1. The predicted octanol–water partition coefficient (Wildman–Crippen LogP) is 3.83. The fourth-order valence-electron chi connectivity index (χ4n) is 2.74. The molecule has 92 valence electrons. The van der Waals surface area contributed by atoms with E-state index < -0.39 is 0 Å². The summed E-state index contributed by atoms with van der Waals surface area (Å²) in [4.78, 5) is 0. The van der Waals surface area contributed by atoms with E-state index in [4.69, 9.17) is 5.73 Å². The maximum Gasteiger partial charge on any atom is 0.0234 e. The summed E-state index contributed by atoms with van der Waals surface area (Å²) in [7, 11) is 0. The number of aryl methyl sites for hydroxylation is 2. The molecule has 1 aliphatic rings. The number of rotatable bonds is 1. The molecule has 1 heteroatoms. The molecule has 1 unspecified atom stereocenters. The normalized spacial score (nSPS) is 23.4. The van der Waals surface area contributed by atoms with Crippen LogP contribution < -0.4 is 5.73 Å². The van der Waals surface area contributed by atoms with Crippen molar-refractivity contribution in [3.63, 3.8) is 0 Å². The van der Waals surface area contributed by atoms with E-state index >= 15 is 0 Å². The SMILES string of the molecule is Cc1ccc(C2=CC(N)CC(C)(C)C2)cc1C. The van der Waals surface area contributed by atoms with Crippen LogP contribution in [-0.4, -0.2) is 6.04 Å².